The van der Waals surface area contributed by atoms with E-state index in [1.54, 1.807) is 0 Å². The van der Waals surface area contributed by atoms with Gasteiger partial charge >= 0.3 is 13.5 Å². The van der Waals surface area contributed by atoms with Gasteiger partial charge in [-0.2, -0.15) is 0 Å². The summed E-state index contributed by atoms with van der Waals surface area (Å²) in [5.74, 6) is -0.701. The molecular formula is C15H18N3O9PS. The molecule has 1 amide bonds. The van der Waals surface area contributed by atoms with Crippen molar-refractivity contribution in [3.05, 3.63) is 55.0 Å². The summed E-state index contributed by atoms with van der Waals surface area (Å²) in [5, 5.41) is 14.4. The van der Waals surface area contributed by atoms with Crippen molar-refractivity contribution in [3.8, 4) is 0 Å². The van der Waals surface area contributed by atoms with Gasteiger partial charge in [-0.15, -0.1) is 11.3 Å². The van der Waals surface area contributed by atoms with E-state index in [-0.39, 0.29) is 18.5 Å². The lowest BCUT2D eigenvalue weighted by Crippen LogP contribution is -2.38. The van der Waals surface area contributed by atoms with Gasteiger partial charge in [-0.3, -0.25) is 23.7 Å². The zero-order valence-electron chi connectivity index (χ0n) is 14.8. The number of rotatable bonds is 7. The minimum atomic E-state index is -4.76. The van der Waals surface area contributed by atoms with Crippen LogP contribution >= 0.6 is 19.2 Å². The molecule has 2 aromatic heterocycles. The Kier molecular flexibility index (Phi) is 6.49. The van der Waals surface area contributed by atoms with Crippen LogP contribution in [0.2, 0.25) is 0 Å². The van der Waals surface area contributed by atoms with Crippen LogP contribution in [0.25, 0.3) is 0 Å². The van der Waals surface area contributed by atoms with Crippen molar-refractivity contribution in [1.29, 1.82) is 0 Å². The van der Waals surface area contributed by atoms with E-state index in [2.05, 4.69) is 9.84 Å². The summed E-state index contributed by atoms with van der Waals surface area (Å²) in [7, 11) is -4.76. The Morgan fingerprint density at radius 1 is 1.45 bits per heavy atom. The predicted octanol–water partition coefficient (Wildman–Crippen LogP) is -0.714. The molecule has 1 aliphatic heterocycles. The number of aliphatic hydroxyl groups excluding tert-OH is 1. The summed E-state index contributed by atoms with van der Waals surface area (Å²) in [5.41, 5.74) is -2.07. The molecular weight excluding hydrogens is 429 g/mol. The summed E-state index contributed by atoms with van der Waals surface area (Å²) in [4.78, 5) is 56.9. The number of carbonyl (C=O) groups is 1. The summed E-state index contributed by atoms with van der Waals surface area (Å²) in [6.07, 6.45) is -2.45. The number of phosphoric ester groups is 1. The molecule has 12 nitrogen and oxygen atoms in total. The molecule has 0 aromatic carbocycles. The van der Waals surface area contributed by atoms with Gasteiger partial charge in [0.1, 0.15) is 17.9 Å². The number of phosphoric acid groups is 1. The summed E-state index contributed by atoms with van der Waals surface area (Å²) in [6, 6.07) is 3.62. The van der Waals surface area contributed by atoms with Gasteiger partial charge < -0.3 is 24.9 Å². The third kappa shape index (κ3) is 5.48. The fraction of sp³-hybridized carbons (Fsp3) is 0.400. The Labute approximate surface area is 167 Å². The second-order valence-electron chi connectivity index (χ2n) is 6.19. The Hall–Kier alpha value is -2.12. The highest BCUT2D eigenvalue weighted by molar-refractivity contribution is 7.46. The molecule has 0 spiro atoms. The quantitative estimate of drug-likeness (QED) is 0.343. The Bertz CT molecular complexity index is 1030. The molecule has 0 unspecified atom stereocenters. The molecule has 14 heteroatoms. The molecule has 0 bridgehead atoms. The molecule has 3 atom stereocenters. The third-order valence-corrected chi connectivity index (χ3v) is 5.50. The van der Waals surface area contributed by atoms with E-state index in [1.807, 2.05) is 22.5 Å². The van der Waals surface area contributed by atoms with Crippen molar-refractivity contribution in [2.45, 2.75) is 31.4 Å². The molecule has 1 aliphatic rings. The SMILES string of the molecule is O=C(NCc1cccs1)c1cn([C@H]2C[C@H](O)[C@@H](COP(=O)(O)O)O2)c(=O)[nH]c1=O. The highest BCUT2D eigenvalue weighted by Gasteiger charge is 2.37. The van der Waals surface area contributed by atoms with E-state index in [0.717, 1.165) is 15.6 Å². The largest absolute Gasteiger partial charge is 0.469 e. The molecule has 0 aliphatic carbocycles. The zero-order valence-corrected chi connectivity index (χ0v) is 16.5. The monoisotopic (exact) mass is 447 g/mol. The molecule has 5 N–H and O–H groups in total. The van der Waals surface area contributed by atoms with Crippen molar-refractivity contribution >= 4 is 25.1 Å². The number of nitrogens with zero attached hydrogens (tertiary/aromatic N) is 1. The number of hydrogen-bond acceptors (Lipinski definition) is 8. The first kappa shape index (κ1) is 21.6. The van der Waals surface area contributed by atoms with Gasteiger partial charge in [0.15, 0.2) is 0 Å². The van der Waals surface area contributed by atoms with E-state index in [0.29, 0.717) is 0 Å². The summed E-state index contributed by atoms with van der Waals surface area (Å²) < 4.78 is 21.5. The van der Waals surface area contributed by atoms with E-state index in [1.165, 1.54) is 11.3 Å². The minimum Gasteiger partial charge on any atom is -0.390 e. The maximum absolute atomic E-state index is 12.3. The molecule has 2 aromatic rings. The van der Waals surface area contributed by atoms with Gasteiger partial charge in [-0.1, -0.05) is 6.07 Å². The van der Waals surface area contributed by atoms with E-state index in [9.17, 15) is 24.1 Å². The third-order valence-electron chi connectivity index (χ3n) is 4.14. The Morgan fingerprint density at radius 3 is 2.86 bits per heavy atom. The van der Waals surface area contributed by atoms with Crippen LogP contribution in [-0.2, 0) is 20.4 Å². The van der Waals surface area contributed by atoms with Crippen molar-refractivity contribution in [2.75, 3.05) is 6.61 Å². The van der Waals surface area contributed by atoms with Crippen LogP contribution in [0.1, 0.15) is 27.9 Å². The first-order valence-corrected chi connectivity index (χ1v) is 10.7. The lowest BCUT2D eigenvalue weighted by Gasteiger charge is -2.16. The molecule has 1 saturated heterocycles. The average Bonchev–Trinajstić information content (AvgIpc) is 3.27. The van der Waals surface area contributed by atoms with Gasteiger partial charge in [0.25, 0.3) is 11.5 Å². The first-order chi connectivity index (χ1) is 13.6. The average molecular weight is 447 g/mol. The fourth-order valence-corrected chi connectivity index (χ4v) is 3.73. The molecule has 3 rings (SSSR count). The maximum atomic E-state index is 12.3. The number of amides is 1. The number of hydrogen-bond donors (Lipinski definition) is 5. The number of nitrogens with one attached hydrogen (secondary N) is 2. The van der Waals surface area contributed by atoms with Crippen LogP contribution in [-0.4, -0.2) is 49.2 Å². The minimum absolute atomic E-state index is 0.114. The molecule has 1 fully saturated rings. The van der Waals surface area contributed by atoms with Gasteiger partial charge in [0.05, 0.1) is 19.3 Å². The molecule has 0 saturated carbocycles. The van der Waals surface area contributed by atoms with Crippen LogP contribution < -0.4 is 16.6 Å². The van der Waals surface area contributed by atoms with Crippen molar-refractivity contribution in [2.24, 2.45) is 0 Å². The number of carbonyl (C=O) groups excluding carboxylic acids is 1. The molecule has 29 heavy (non-hydrogen) atoms. The van der Waals surface area contributed by atoms with Crippen LogP contribution in [0.3, 0.4) is 0 Å². The number of aromatic amines is 1. The number of H-pyrrole nitrogens is 1. The molecule has 3 heterocycles. The highest BCUT2D eigenvalue weighted by atomic mass is 32.1. The van der Waals surface area contributed by atoms with Gasteiger partial charge in [-0.05, 0) is 11.4 Å². The summed E-state index contributed by atoms with van der Waals surface area (Å²) >= 11 is 1.43. The summed E-state index contributed by atoms with van der Waals surface area (Å²) in [6.45, 7) is -0.399. The number of thiophene rings is 1. The van der Waals surface area contributed by atoms with E-state index < -0.39 is 50.0 Å². The fourth-order valence-electron chi connectivity index (χ4n) is 2.74. The van der Waals surface area contributed by atoms with Crippen molar-refractivity contribution in [3.63, 3.8) is 0 Å². The normalized spacial score (nSPS) is 22.0. The second kappa shape index (κ2) is 8.71. The highest BCUT2D eigenvalue weighted by Crippen LogP contribution is 2.38. The second-order valence-corrected chi connectivity index (χ2v) is 8.46. The number of aromatic nitrogens is 2. The topological polar surface area (TPSA) is 180 Å². The van der Waals surface area contributed by atoms with Gasteiger partial charge in [-0.25, -0.2) is 9.36 Å². The van der Waals surface area contributed by atoms with E-state index >= 15 is 0 Å². The van der Waals surface area contributed by atoms with Crippen molar-refractivity contribution < 1.29 is 33.5 Å². The van der Waals surface area contributed by atoms with Crippen LogP contribution in [0, 0.1) is 0 Å². The standard InChI is InChI=1S/C15H18N3O9PS/c19-10-4-12(27-11(10)7-26-28(23,24)25)18-6-9(14(21)17-15(18)22)13(20)16-5-8-2-1-3-29-8/h1-3,6,10-12,19H,4-5,7H2,(H,16,20)(H,17,21,22)(H2,23,24,25)/t10-,11+,12+/m0/s1. The lowest BCUT2D eigenvalue weighted by atomic mass is 10.2. The predicted molar refractivity (Wildman–Crippen MR) is 99.3 cm³/mol. The van der Waals surface area contributed by atoms with Gasteiger partial charge in [0.2, 0.25) is 0 Å². The number of ether oxygens (including phenoxy) is 1. The van der Waals surface area contributed by atoms with Crippen molar-refractivity contribution in [1.82, 2.24) is 14.9 Å². The smallest absolute Gasteiger partial charge is 0.390 e. The Morgan fingerprint density at radius 2 is 2.21 bits per heavy atom. The van der Waals surface area contributed by atoms with E-state index in [4.69, 9.17) is 14.5 Å². The number of aliphatic hydroxyl groups is 1. The van der Waals surface area contributed by atoms with Crippen LogP contribution in [0.5, 0.6) is 0 Å². The maximum Gasteiger partial charge on any atom is 0.469 e. The van der Waals surface area contributed by atoms with Crippen LogP contribution in [0.4, 0.5) is 0 Å². The zero-order chi connectivity index (χ0) is 21.2. The van der Waals surface area contributed by atoms with Gasteiger partial charge in [0, 0.05) is 17.5 Å². The Balaban J connectivity index is 1.75. The first-order valence-electron chi connectivity index (χ1n) is 8.33. The molecule has 0 radical (unpaired) electrons. The van der Waals surface area contributed by atoms with Crippen LogP contribution in [0.15, 0.2) is 33.3 Å². The lowest BCUT2D eigenvalue weighted by molar-refractivity contribution is -0.0451. The molecule has 158 valence electrons.